The Labute approximate surface area is 85.5 Å². The summed E-state index contributed by atoms with van der Waals surface area (Å²) in [7, 11) is 0. The van der Waals surface area contributed by atoms with E-state index in [1.807, 2.05) is 0 Å². The van der Waals surface area contributed by atoms with Crippen LogP contribution in [0, 0.1) is 0 Å². The maximum atomic E-state index is 11.2. The molecule has 0 spiro atoms. The van der Waals surface area contributed by atoms with Gasteiger partial charge in [-0.15, -0.1) is 0 Å². The van der Waals surface area contributed by atoms with Crippen molar-refractivity contribution in [3.63, 3.8) is 0 Å². The summed E-state index contributed by atoms with van der Waals surface area (Å²) in [4.78, 5) is 13.4. The molecule has 0 atom stereocenters. The Morgan fingerprint density at radius 1 is 1.07 bits per heavy atom. The average Bonchev–Trinajstić information content (AvgIpc) is 2.16. The Hall–Kier alpha value is -0.640. The van der Waals surface area contributed by atoms with E-state index >= 15 is 0 Å². The fourth-order valence-electron chi connectivity index (χ4n) is 1.27. The first-order valence-electron chi connectivity index (χ1n) is 5.12. The molecule has 3 N–H and O–H groups in total. The lowest BCUT2D eigenvalue weighted by molar-refractivity contribution is -0.183. The van der Waals surface area contributed by atoms with E-state index in [0.717, 1.165) is 19.3 Å². The SMILES string of the molecule is CCCCCCCCCC(=O)OF.N. The Bertz CT molecular complexity index is 131. The van der Waals surface area contributed by atoms with Crippen LogP contribution in [0.3, 0.4) is 0 Å². The van der Waals surface area contributed by atoms with Crippen molar-refractivity contribution in [2.24, 2.45) is 0 Å². The molecule has 0 aliphatic carbocycles. The van der Waals surface area contributed by atoms with Crippen molar-refractivity contribution in [1.82, 2.24) is 6.15 Å². The van der Waals surface area contributed by atoms with Crippen molar-refractivity contribution < 1.29 is 14.3 Å². The van der Waals surface area contributed by atoms with E-state index in [-0.39, 0.29) is 12.6 Å². The van der Waals surface area contributed by atoms with Gasteiger partial charge in [0.1, 0.15) is 0 Å². The third-order valence-electron chi connectivity index (χ3n) is 2.07. The Kier molecular flexibility index (Phi) is 14.0. The molecule has 0 saturated heterocycles. The van der Waals surface area contributed by atoms with Crippen LogP contribution in [-0.2, 0) is 9.74 Å². The molecule has 0 saturated carbocycles. The molecule has 4 heteroatoms. The molecular weight excluding hydrogens is 185 g/mol. The first-order chi connectivity index (χ1) is 6.31. The number of rotatable bonds is 8. The van der Waals surface area contributed by atoms with Gasteiger partial charge in [-0.2, -0.15) is 0 Å². The zero-order valence-corrected chi connectivity index (χ0v) is 9.06. The molecule has 0 amide bonds. The molecule has 0 rings (SSSR count). The number of hydrogen-bond donors (Lipinski definition) is 1. The van der Waals surface area contributed by atoms with E-state index in [0.29, 0.717) is 0 Å². The van der Waals surface area contributed by atoms with Crippen molar-refractivity contribution in [2.45, 2.75) is 58.3 Å². The molecule has 0 heterocycles. The van der Waals surface area contributed by atoms with Gasteiger partial charge >= 0.3 is 5.97 Å². The van der Waals surface area contributed by atoms with Gasteiger partial charge in [-0.1, -0.05) is 45.4 Å². The van der Waals surface area contributed by atoms with Crippen LogP contribution in [-0.4, -0.2) is 5.97 Å². The second-order valence-corrected chi connectivity index (χ2v) is 3.32. The van der Waals surface area contributed by atoms with Gasteiger partial charge in [-0.3, -0.25) is 4.94 Å². The van der Waals surface area contributed by atoms with Gasteiger partial charge in [-0.05, 0) is 6.42 Å². The zero-order valence-electron chi connectivity index (χ0n) is 9.06. The van der Waals surface area contributed by atoms with Crippen molar-refractivity contribution in [1.29, 1.82) is 0 Å². The van der Waals surface area contributed by atoms with Crippen molar-refractivity contribution in [3.8, 4) is 0 Å². The molecule has 0 unspecified atom stereocenters. The predicted molar refractivity (Wildman–Crippen MR) is 54.8 cm³/mol. The molecule has 0 aliphatic heterocycles. The highest BCUT2D eigenvalue weighted by atomic mass is 19.3. The average molecular weight is 207 g/mol. The minimum atomic E-state index is -0.742. The van der Waals surface area contributed by atoms with Crippen LogP contribution in [0.5, 0.6) is 0 Å². The van der Waals surface area contributed by atoms with Gasteiger partial charge in [0.15, 0.2) is 0 Å². The lowest BCUT2D eigenvalue weighted by Gasteiger charge is -1.98. The summed E-state index contributed by atoms with van der Waals surface area (Å²) in [6.07, 6.45) is 8.11. The molecule has 14 heavy (non-hydrogen) atoms. The van der Waals surface area contributed by atoms with E-state index < -0.39 is 5.97 Å². The van der Waals surface area contributed by atoms with Crippen LogP contribution in [0.1, 0.15) is 58.3 Å². The highest BCUT2D eigenvalue weighted by molar-refractivity contribution is 5.68. The first-order valence-corrected chi connectivity index (χ1v) is 5.12. The molecule has 0 aromatic rings. The highest BCUT2D eigenvalue weighted by Crippen LogP contribution is 2.08. The monoisotopic (exact) mass is 207 g/mol. The van der Waals surface area contributed by atoms with Crippen LogP contribution in [0.2, 0.25) is 0 Å². The minimum absolute atomic E-state index is 0. The standard InChI is InChI=1S/C10H19FO2.H3N/c1-2-3-4-5-6-7-8-9-10(12)13-11;/h2-9H2,1H3;1H3. The van der Waals surface area contributed by atoms with Crippen LogP contribution < -0.4 is 6.15 Å². The third-order valence-corrected chi connectivity index (χ3v) is 2.07. The quantitative estimate of drug-likeness (QED) is 0.617. The van der Waals surface area contributed by atoms with E-state index in [9.17, 15) is 9.32 Å². The van der Waals surface area contributed by atoms with Crippen LogP contribution >= 0.6 is 0 Å². The van der Waals surface area contributed by atoms with Crippen molar-refractivity contribution in [3.05, 3.63) is 0 Å². The number of hydrogen-bond acceptors (Lipinski definition) is 3. The van der Waals surface area contributed by atoms with Crippen LogP contribution in [0.4, 0.5) is 4.53 Å². The molecule has 86 valence electrons. The lowest BCUT2D eigenvalue weighted by atomic mass is 10.1. The Morgan fingerprint density at radius 3 is 2.07 bits per heavy atom. The Balaban J connectivity index is 0. The van der Waals surface area contributed by atoms with Gasteiger partial charge in [0.05, 0.1) is 0 Å². The summed E-state index contributed by atoms with van der Waals surface area (Å²) in [6.45, 7) is 2.18. The molecule has 0 aliphatic rings. The normalized spacial score (nSPS) is 9.29. The summed E-state index contributed by atoms with van der Waals surface area (Å²) in [5.74, 6) is -0.742. The van der Waals surface area contributed by atoms with E-state index in [1.165, 1.54) is 25.7 Å². The summed E-state index contributed by atoms with van der Waals surface area (Å²) >= 11 is 0. The molecule has 0 fully saturated rings. The van der Waals surface area contributed by atoms with Crippen molar-refractivity contribution in [2.75, 3.05) is 0 Å². The summed E-state index contributed by atoms with van der Waals surface area (Å²) in [5, 5.41) is 0. The number of halogens is 1. The number of unbranched alkanes of at least 4 members (excludes halogenated alkanes) is 6. The fraction of sp³-hybridized carbons (Fsp3) is 0.900. The smallest absolute Gasteiger partial charge is 0.344 e. The second kappa shape index (κ2) is 12.4. The predicted octanol–water partition coefficient (Wildman–Crippen LogP) is 3.72. The van der Waals surface area contributed by atoms with E-state index in [1.54, 1.807) is 0 Å². The summed E-state index contributed by atoms with van der Waals surface area (Å²) in [6, 6.07) is 0. The Morgan fingerprint density at radius 2 is 1.57 bits per heavy atom. The summed E-state index contributed by atoms with van der Waals surface area (Å²) < 4.78 is 11.2. The largest absolute Gasteiger partial charge is 0.348 e. The van der Waals surface area contributed by atoms with Gasteiger partial charge < -0.3 is 6.15 Å². The molecule has 3 nitrogen and oxygen atoms in total. The van der Waals surface area contributed by atoms with Crippen LogP contribution in [0.15, 0.2) is 0 Å². The first kappa shape index (κ1) is 15.8. The van der Waals surface area contributed by atoms with Crippen LogP contribution in [0.25, 0.3) is 0 Å². The number of carbonyl (C=O) groups is 1. The second-order valence-electron chi connectivity index (χ2n) is 3.32. The molecule has 0 aromatic carbocycles. The minimum Gasteiger partial charge on any atom is -0.344 e. The van der Waals surface area contributed by atoms with E-state index in [4.69, 9.17) is 0 Å². The third kappa shape index (κ3) is 11.4. The molecule has 0 aromatic heterocycles. The van der Waals surface area contributed by atoms with Crippen molar-refractivity contribution >= 4 is 5.97 Å². The van der Waals surface area contributed by atoms with Gasteiger partial charge in [0.2, 0.25) is 0 Å². The van der Waals surface area contributed by atoms with Gasteiger partial charge in [0.25, 0.3) is 0 Å². The molecule has 0 bridgehead atoms. The number of carbonyl (C=O) groups excluding carboxylic acids is 1. The molecule has 0 radical (unpaired) electrons. The maximum Gasteiger partial charge on any atom is 0.348 e. The molecular formula is C10H22FNO2. The lowest BCUT2D eigenvalue weighted by Crippen LogP contribution is -1.96. The maximum absolute atomic E-state index is 11.2. The van der Waals surface area contributed by atoms with E-state index in [2.05, 4.69) is 11.9 Å². The van der Waals surface area contributed by atoms with Gasteiger partial charge in [0, 0.05) is 10.9 Å². The highest BCUT2D eigenvalue weighted by Gasteiger charge is 2.01. The fourth-order valence-corrected chi connectivity index (χ4v) is 1.27. The van der Waals surface area contributed by atoms with Gasteiger partial charge in [-0.25, -0.2) is 4.79 Å². The topological polar surface area (TPSA) is 61.3 Å². The summed E-state index contributed by atoms with van der Waals surface area (Å²) in [5.41, 5.74) is 0. The zero-order chi connectivity index (χ0) is 9.94.